The van der Waals surface area contributed by atoms with Crippen molar-refractivity contribution in [1.29, 1.82) is 0 Å². The lowest BCUT2D eigenvalue weighted by atomic mass is 10.1. The first-order valence-electron chi connectivity index (χ1n) is 6.49. The van der Waals surface area contributed by atoms with Crippen LogP contribution in [0.2, 0.25) is 0 Å². The lowest BCUT2D eigenvalue weighted by molar-refractivity contribution is 0.461. The third-order valence-electron chi connectivity index (χ3n) is 3.41. The fourth-order valence-corrected chi connectivity index (χ4v) is 3.29. The molecule has 0 aliphatic heterocycles. The van der Waals surface area contributed by atoms with E-state index in [-0.39, 0.29) is 0 Å². The third-order valence-corrected chi connectivity index (χ3v) is 4.44. The van der Waals surface area contributed by atoms with Crippen molar-refractivity contribution >= 4 is 41.0 Å². The van der Waals surface area contributed by atoms with Gasteiger partial charge in [-0.3, -0.25) is 0 Å². The summed E-state index contributed by atoms with van der Waals surface area (Å²) >= 11 is 1.48. The molecule has 0 amide bonds. The molecule has 3 nitrogen and oxygen atoms in total. The molecule has 2 aromatic heterocycles. The van der Waals surface area contributed by atoms with Crippen molar-refractivity contribution in [2.45, 2.75) is 0 Å². The Morgan fingerprint density at radius 3 is 2.71 bits per heavy atom. The van der Waals surface area contributed by atoms with Crippen molar-refractivity contribution in [1.82, 2.24) is 0 Å². The highest BCUT2D eigenvalue weighted by Gasteiger charge is 2.09. The Bertz CT molecular complexity index is 925. The van der Waals surface area contributed by atoms with Gasteiger partial charge in [-0.25, -0.2) is 0 Å². The first kappa shape index (κ1) is 12.5. The lowest BCUT2D eigenvalue weighted by Crippen LogP contribution is -1.97. The predicted octanol–water partition coefficient (Wildman–Crippen LogP) is 4.22. The molecule has 0 bridgehead atoms. The SMILES string of the molecule is O[B]Oc1ccc(-c2ccc3oc4ccccc4c3c2)s1. The maximum atomic E-state index is 8.68. The zero-order valence-electron chi connectivity index (χ0n) is 10.9. The van der Waals surface area contributed by atoms with Gasteiger partial charge in [-0.1, -0.05) is 18.2 Å². The fraction of sp³-hybridized carbons (Fsp3) is 0. The second-order valence-electron chi connectivity index (χ2n) is 4.65. The van der Waals surface area contributed by atoms with Gasteiger partial charge in [0.05, 0.1) is 0 Å². The van der Waals surface area contributed by atoms with Gasteiger partial charge in [-0.05, 0) is 42.0 Å². The highest BCUT2D eigenvalue weighted by atomic mass is 32.1. The van der Waals surface area contributed by atoms with E-state index in [2.05, 4.69) is 12.1 Å². The van der Waals surface area contributed by atoms with Gasteiger partial charge in [0.1, 0.15) is 11.2 Å². The Hall–Kier alpha value is -2.24. The van der Waals surface area contributed by atoms with Gasteiger partial charge in [0.2, 0.25) is 0 Å². The molecule has 0 aliphatic carbocycles. The van der Waals surface area contributed by atoms with Crippen LogP contribution in [0.25, 0.3) is 32.4 Å². The molecule has 1 radical (unpaired) electrons. The highest BCUT2D eigenvalue weighted by Crippen LogP contribution is 2.36. The topological polar surface area (TPSA) is 42.6 Å². The lowest BCUT2D eigenvalue weighted by Gasteiger charge is -1.98. The van der Waals surface area contributed by atoms with E-state index in [1.165, 1.54) is 11.3 Å². The summed E-state index contributed by atoms with van der Waals surface area (Å²) in [6, 6.07) is 18.0. The van der Waals surface area contributed by atoms with Crippen molar-refractivity contribution in [3.63, 3.8) is 0 Å². The van der Waals surface area contributed by atoms with Gasteiger partial charge in [-0.15, -0.1) is 11.3 Å². The molecule has 0 fully saturated rings. The Labute approximate surface area is 125 Å². The van der Waals surface area contributed by atoms with E-state index >= 15 is 0 Å². The van der Waals surface area contributed by atoms with Crippen LogP contribution in [0.5, 0.6) is 5.06 Å². The Balaban J connectivity index is 1.87. The van der Waals surface area contributed by atoms with Crippen molar-refractivity contribution in [2.75, 3.05) is 0 Å². The molecule has 4 aromatic rings. The maximum absolute atomic E-state index is 8.68. The minimum atomic E-state index is 0.657. The van der Waals surface area contributed by atoms with Crippen molar-refractivity contribution < 1.29 is 14.1 Å². The van der Waals surface area contributed by atoms with Crippen LogP contribution in [0.1, 0.15) is 0 Å². The van der Waals surface area contributed by atoms with E-state index < -0.39 is 0 Å². The maximum Gasteiger partial charge on any atom is 0.569 e. The van der Waals surface area contributed by atoms with Crippen LogP contribution >= 0.6 is 11.3 Å². The average molecular weight is 293 g/mol. The van der Waals surface area contributed by atoms with Gasteiger partial charge < -0.3 is 14.1 Å². The monoisotopic (exact) mass is 293 g/mol. The van der Waals surface area contributed by atoms with Crippen LogP contribution < -0.4 is 4.65 Å². The van der Waals surface area contributed by atoms with Crippen LogP contribution in [0, 0.1) is 0 Å². The largest absolute Gasteiger partial charge is 0.569 e. The number of rotatable bonds is 3. The molecule has 5 heteroatoms. The molecule has 2 heterocycles. The molecule has 2 aromatic carbocycles. The molecule has 0 spiro atoms. The van der Waals surface area contributed by atoms with Gasteiger partial charge in [0.25, 0.3) is 0 Å². The Morgan fingerprint density at radius 2 is 1.81 bits per heavy atom. The van der Waals surface area contributed by atoms with E-state index in [0.29, 0.717) is 12.7 Å². The molecule has 0 saturated carbocycles. The van der Waals surface area contributed by atoms with Crippen molar-refractivity contribution in [3.05, 3.63) is 54.6 Å². The smallest absolute Gasteiger partial charge is 0.530 e. The molecule has 1 N–H and O–H groups in total. The van der Waals surface area contributed by atoms with Crippen LogP contribution in [0.4, 0.5) is 0 Å². The van der Waals surface area contributed by atoms with Gasteiger partial charge >= 0.3 is 7.69 Å². The summed E-state index contributed by atoms with van der Waals surface area (Å²) in [7, 11) is 0.697. The van der Waals surface area contributed by atoms with Crippen LogP contribution in [-0.4, -0.2) is 12.7 Å². The minimum Gasteiger partial charge on any atom is -0.530 e. The predicted molar refractivity (Wildman–Crippen MR) is 85.6 cm³/mol. The van der Waals surface area contributed by atoms with E-state index in [9.17, 15) is 0 Å². The first-order chi connectivity index (χ1) is 10.3. The number of fused-ring (bicyclic) bond motifs is 3. The molecule has 0 aliphatic rings. The number of hydrogen-bond acceptors (Lipinski definition) is 4. The second-order valence-corrected chi connectivity index (χ2v) is 5.70. The van der Waals surface area contributed by atoms with Gasteiger partial charge in [0.15, 0.2) is 5.06 Å². The summed E-state index contributed by atoms with van der Waals surface area (Å²) < 4.78 is 10.8. The summed E-state index contributed by atoms with van der Waals surface area (Å²) in [6.45, 7) is 0. The zero-order valence-corrected chi connectivity index (χ0v) is 11.8. The average Bonchev–Trinajstić information content (AvgIpc) is 3.11. The van der Waals surface area contributed by atoms with Crippen LogP contribution in [0.15, 0.2) is 59.0 Å². The summed E-state index contributed by atoms with van der Waals surface area (Å²) in [5.41, 5.74) is 2.89. The van der Waals surface area contributed by atoms with Gasteiger partial charge in [0, 0.05) is 15.6 Å². The summed E-state index contributed by atoms with van der Waals surface area (Å²) in [6.07, 6.45) is 0. The van der Waals surface area contributed by atoms with Crippen molar-refractivity contribution in [2.24, 2.45) is 0 Å². The third kappa shape index (κ3) is 2.11. The molecule has 4 rings (SSSR count). The fourth-order valence-electron chi connectivity index (χ4n) is 2.47. The summed E-state index contributed by atoms with van der Waals surface area (Å²) in [5.74, 6) is 0. The van der Waals surface area contributed by atoms with Crippen molar-refractivity contribution in [3.8, 4) is 15.5 Å². The minimum absolute atomic E-state index is 0.657. The quantitative estimate of drug-likeness (QED) is 0.575. The van der Waals surface area contributed by atoms with E-state index in [0.717, 1.165) is 32.4 Å². The zero-order chi connectivity index (χ0) is 14.2. The van der Waals surface area contributed by atoms with Crippen LogP contribution in [0.3, 0.4) is 0 Å². The number of benzene rings is 2. The molecule has 21 heavy (non-hydrogen) atoms. The van der Waals surface area contributed by atoms with E-state index in [1.54, 1.807) is 0 Å². The highest BCUT2D eigenvalue weighted by molar-refractivity contribution is 7.17. The summed E-state index contributed by atoms with van der Waals surface area (Å²) in [5, 5.41) is 11.6. The molecular weight excluding hydrogens is 283 g/mol. The molecule has 0 saturated heterocycles. The molecule has 101 valence electrons. The van der Waals surface area contributed by atoms with E-state index in [1.807, 2.05) is 42.5 Å². The normalized spacial score (nSPS) is 11.1. The number of para-hydroxylation sites is 1. The van der Waals surface area contributed by atoms with Gasteiger partial charge in [-0.2, -0.15) is 0 Å². The van der Waals surface area contributed by atoms with E-state index in [4.69, 9.17) is 14.1 Å². The van der Waals surface area contributed by atoms with Crippen LogP contribution in [-0.2, 0) is 0 Å². The number of hydrogen-bond donors (Lipinski definition) is 1. The Kier molecular flexibility index (Phi) is 2.95. The molecule has 0 unspecified atom stereocenters. The molecule has 0 atom stereocenters. The Morgan fingerprint density at radius 1 is 0.952 bits per heavy atom. The second kappa shape index (κ2) is 4.95. The molecular formula is C16H10BO3S. The summed E-state index contributed by atoms with van der Waals surface area (Å²) in [4.78, 5) is 1.08. The first-order valence-corrected chi connectivity index (χ1v) is 7.31. The number of furan rings is 1. The number of thiophene rings is 1. The standard InChI is InChI=1S/C16H10BO3S/c18-17-20-16-8-7-15(21-16)10-5-6-14-12(9-10)11-3-1-2-4-13(11)19-14/h1-9,18H.